The maximum Gasteiger partial charge on any atom is 0.251 e. The van der Waals surface area contributed by atoms with E-state index in [2.05, 4.69) is 38.2 Å². The smallest absolute Gasteiger partial charge is 0.251 e. The first-order chi connectivity index (χ1) is 15.0. The van der Waals surface area contributed by atoms with Gasteiger partial charge in [-0.25, -0.2) is 0 Å². The number of hydrogen-bond acceptors (Lipinski definition) is 2. The molecule has 1 amide bonds. The summed E-state index contributed by atoms with van der Waals surface area (Å²) in [6.07, 6.45) is 14.9. The maximum atomic E-state index is 13.0. The number of hydrogen-bond donors (Lipinski definition) is 1. The van der Waals surface area contributed by atoms with E-state index in [9.17, 15) is 4.79 Å². The van der Waals surface area contributed by atoms with Crippen molar-refractivity contribution >= 4 is 23.1 Å². The summed E-state index contributed by atoms with van der Waals surface area (Å²) >= 11 is 6.23. The quantitative estimate of drug-likeness (QED) is 0.465. The van der Waals surface area contributed by atoms with Gasteiger partial charge in [-0.05, 0) is 80.0 Å². The number of allylic oxidation sites excluding steroid dienone is 2. The fraction of sp³-hybridized carbons (Fsp3) is 0.519. The van der Waals surface area contributed by atoms with Crippen molar-refractivity contribution in [3.05, 3.63) is 63.9 Å². The summed E-state index contributed by atoms with van der Waals surface area (Å²) < 4.78 is 6.20. The van der Waals surface area contributed by atoms with Crippen molar-refractivity contribution < 1.29 is 9.53 Å². The zero-order chi connectivity index (χ0) is 22.2. The van der Waals surface area contributed by atoms with Crippen LogP contribution in [0.25, 0.3) is 5.57 Å². The lowest BCUT2D eigenvalue weighted by Crippen LogP contribution is -2.29. The number of carbonyl (C=O) groups is 1. The average Bonchev–Trinajstić information content (AvgIpc) is 2.80. The van der Waals surface area contributed by atoms with Crippen LogP contribution >= 0.6 is 11.6 Å². The van der Waals surface area contributed by atoms with Gasteiger partial charge in [0, 0.05) is 23.1 Å². The molecule has 1 saturated carbocycles. The van der Waals surface area contributed by atoms with Crippen LogP contribution in [0.15, 0.2) is 47.8 Å². The van der Waals surface area contributed by atoms with Crippen LogP contribution in [-0.4, -0.2) is 18.6 Å². The predicted octanol–water partition coefficient (Wildman–Crippen LogP) is 7.15. The number of benzene rings is 1. The number of nitrogens with one attached hydrogen (secondary N) is 1. The van der Waals surface area contributed by atoms with Crippen molar-refractivity contribution in [3.8, 4) is 0 Å². The Morgan fingerprint density at radius 1 is 1.23 bits per heavy atom. The lowest BCUT2D eigenvalue weighted by molar-refractivity contribution is -0.117. The zero-order valence-electron chi connectivity index (χ0n) is 19.2. The molecule has 31 heavy (non-hydrogen) atoms. The Hall–Kier alpha value is -2.00. The Morgan fingerprint density at radius 3 is 2.71 bits per heavy atom. The molecule has 1 atom stereocenters. The minimum Gasteiger partial charge on any atom is -0.490 e. The highest BCUT2D eigenvalue weighted by Gasteiger charge is 2.26. The standard InChI is InChI=1S/C27H36ClNO2/c1-4-9-20(25-18-23(28)13-12-19(25)3)14-15-29-27(30)22-16-24(5-2)31-26(17-22)21-10-7-6-8-11-21/h9,12-13,16-18,21,24H,4-8,10-11,14-15H2,1-3H3,(H,29,30). The lowest BCUT2D eigenvalue weighted by atomic mass is 9.86. The van der Waals surface area contributed by atoms with E-state index < -0.39 is 0 Å². The van der Waals surface area contributed by atoms with Gasteiger partial charge in [0.25, 0.3) is 5.91 Å². The number of amides is 1. The average molecular weight is 442 g/mol. The second-order valence-corrected chi connectivity index (χ2v) is 9.11. The molecule has 168 valence electrons. The Bertz CT molecular complexity index is 862. The zero-order valence-corrected chi connectivity index (χ0v) is 19.9. The van der Waals surface area contributed by atoms with Crippen LogP contribution in [0.1, 0.15) is 76.3 Å². The Morgan fingerprint density at radius 2 is 2.00 bits per heavy atom. The molecule has 3 rings (SSSR count). The summed E-state index contributed by atoms with van der Waals surface area (Å²) in [6.45, 7) is 6.94. The number of ether oxygens (including phenoxy) is 1. The van der Waals surface area contributed by atoms with Crippen LogP contribution in [0.4, 0.5) is 0 Å². The first kappa shape index (κ1) is 23.7. The SMILES string of the molecule is CCC=C(CCNC(=O)C1=CC(CC)OC(C2CCCCC2)=C1)c1cc(Cl)ccc1C. The number of aryl methyl sites for hydroxylation is 1. The van der Waals surface area contributed by atoms with Crippen LogP contribution in [-0.2, 0) is 9.53 Å². The van der Waals surface area contributed by atoms with Crippen LogP contribution in [0.2, 0.25) is 5.02 Å². The van der Waals surface area contributed by atoms with Gasteiger partial charge in [0.2, 0.25) is 0 Å². The molecule has 1 aliphatic heterocycles. The fourth-order valence-electron chi connectivity index (χ4n) is 4.53. The summed E-state index contributed by atoms with van der Waals surface area (Å²) in [5.41, 5.74) is 4.35. The molecule has 1 fully saturated rings. The van der Waals surface area contributed by atoms with Crippen molar-refractivity contribution in [1.29, 1.82) is 0 Å². The normalized spacial score (nSPS) is 20.0. The van der Waals surface area contributed by atoms with Crippen LogP contribution < -0.4 is 5.32 Å². The highest BCUT2D eigenvalue weighted by atomic mass is 35.5. The number of carbonyl (C=O) groups excluding carboxylic acids is 1. The molecule has 1 aromatic rings. The minimum atomic E-state index is -0.00710. The van der Waals surface area contributed by atoms with Gasteiger partial charge in [-0.3, -0.25) is 4.79 Å². The van der Waals surface area contributed by atoms with Gasteiger partial charge < -0.3 is 10.1 Å². The lowest BCUT2D eigenvalue weighted by Gasteiger charge is -2.30. The Balaban J connectivity index is 1.65. The third-order valence-electron chi connectivity index (χ3n) is 6.30. The second kappa shape index (κ2) is 11.6. The highest BCUT2D eigenvalue weighted by Crippen LogP contribution is 2.34. The summed E-state index contributed by atoms with van der Waals surface area (Å²) in [5.74, 6) is 1.47. The minimum absolute atomic E-state index is 0.00581. The predicted molar refractivity (Wildman–Crippen MR) is 130 cm³/mol. The molecule has 0 bridgehead atoms. The van der Waals surface area contributed by atoms with E-state index in [0.717, 1.165) is 35.6 Å². The molecule has 0 aromatic heterocycles. The molecule has 3 nitrogen and oxygen atoms in total. The van der Waals surface area contributed by atoms with Gasteiger partial charge in [-0.1, -0.05) is 56.9 Å². The third-order valence-corrected chi connectivity index (χ3v) is 6.53. The van der Waals surface area contributed by atoms with Gasteiger partial charge >= 0.3 is 0 Å². The van der Waals surface area contributed by atoms with E-state index >= 15 is 0 Å². The summed E-state index contributed by atoms with van der Waals surface area (Å²) in [5, 5.41) is 3.87. The second-order valence-electron chi connectivity index (χ2n) is 8.67. The Kier molecular flexibility index (Phi) is 8.83. The van der Waals surface area contributed by atoms with E-state index in [-0.39, 0.29) is 12.0 Å². The third kappa shape index (κ3) is 6.49. The molecule has 4 heteroatoms. The molecular weight excluding hydrogens is 406 g/mol. The molecule has 1 heterocycles. The largest absolute Gasteiger partial charge is 0.490 e. The highest BCUT2D eigenvalue weighted by molar-refractivity contribution is 6.30. The molecule has 0 radical (unpaired) electrons. The monoisotopic (exact) mass is 441 g/mol. The number of rotatable bonds is 8. The molecule has 0 spiro atoms. The Labute approximate surface area is 192 Å². The van der Waals surface area contributed by atoms with E-state index in [1.807, 2.05) is 24.3 Å². The molecule has 1 aliphatic carbocycles. The summed E-state index contributed by atoms with van der Waals surface area (Å²) in [6, 6.07) is 5.99. The van der Waals surface area contributed by atoms with Crippen molar-refractivity contribution in [3.63, 3.8) is 0 Å². The fourth-order valence-corrected chi connectivity index (χ4v) is 4.71. The first-order valence-electron chi connectivity index (χ1n) is 11.9. The van der Waals surface area contributed by atoms with Crippen LogP contribution in [0, 0.1) is 12.8 Å². The summed E-state index contributed by atoms with van der Waals surface area (Å²) in [7, 11) is 0. The van der Waals surface area contributed by atoms with E-state index in [4.69, 9.17) is 16.3 Å². The van der Waals surface area contributed by atoms with Gasteiger partial charge in [-0.15, -0.1) is 0 Å². The van der Waals surface area contributed by atoms with E-state index in [0.29, 0.717) is 12.5 Å². The molecule has 1 N–H and O–H groups in total. The van der Waals surface area contributed by atoms with Crippen LogP contribution in [0.5, 0.6) is 0 Å². The number of halogens is 1. The van der Waals surface area contributed by atoms with Crippen molar-refractivity contribution in [2.24, 2.45) is 5.92 Å². The van der Waals surface area contributed by atoms with Gasteiger partial charge in [0.15, 0.2) is 0 Å². The van der Waals surface area contributed by atoms with Crippen molar-refractivity contribution in [2.45, 2.75) is 78.2 Å². The van der Waals surface area contributed by atoms with E-state index in [1.165, 1.54) is 48.8 Å². The van der Waals surface area contributed by atoms with Gasteiger partial charge in [0.05, 0.1) is 0 Å². The molecule has 1 unspecified atom stereocenters. The molecule has 2 aliphatic rings. The molecule has 1 aromatic carbocycles. The van der Waals surface area contributed by atoms with Crippen LogP contribution in [0.3, 0.4) is 0 Å². The van der Waals surface area contributed by atoms with E-state index in [1.54, 1.807) is 0 Å². The van der Waals surface area contributed by atoms with Crippen molar-refractivity contribution in [1.82, 2.24) is 5.32 Å². The molecule has 0 saturated heterocycles. The topological polar surface area (TPSA) is 38.3 Å². The van der Waals surface area contributed by atoms with Crippen molar-refractivity contribution in [2.75, 3.05) is 6.54 Å². The summed E-state index contributed by atoms with van der Waals surface area (Å²) in [4.78, 5) is 13.0. The molecular formula is C27H36ClNO2. The maximum absolute atomic E-state index is 13.0. The van der Waals surface area contributed by atoms with Gasteiger partial charge in [0.1, 0.15) is 11.9 Å². The first-order valence-corrected chi connectivity index (χ1v) is 12.2. The van der Waals surface area contributed by atoms with Gasteiger partial charge in [-0.2, -0.15) is 0 Å².